The molecule has 0 amide bonds. The fourth-order valence-corrected chi connectivity index (χ4v) is 3.85. The van der Waals surface area contributed by atoms with Crippen LogP contribution in [0.3, 0.4) is 0 Å². The first kappa shape index (κ1) is 18.2. The predicted molar refractivity (Wildman–Crippen MR) is 80.7 cm³/mol. The summed E-state index contributed by atoms with van der Waals surface area (Å²) in [4.78, 5) is -1.05. The monoisotopic (exact) mass is 404 g/mol. The van der Waals surface area contributed by atoms with Gasteiger partial charge in [0, 0.05) is 5.02 Å². The molecule has 0 aromatic heterocycles. The van der Waals surface area contributed by atoms with E-state index in [1.165, 1.54) is 0 Å². The van der Waals surface area contributed by atoms with E-state index < -0.39 is 32.5 Å². The molecule has 0 saturated heterocycles. The van der Waals surface area contributed by atoms with Gasteiger partial charge in [-0.05, 0) is 24.3 Å². The SMILES string of the molecule is O=S(=O)(Oc1c(Cl)cc(Cl)cc1Cl)c1ccccc1C(F)(F)F. The Morgan fingerprint density at radius 2 is 1.48 bits per heavy atom. The van der Waals surface area contributed by atoms with Gasteiger partial charge in [0.1, 0.15) is 4.90 Å². The Kier molecular flexibility index (Phi) is 5.06. The molecule has 2 aromatic carbocycles. The van der Waals surface area contributed by atoms with Gasteiger partial charge in [-0.25, -0.2) is 0 Å². The minimum atomic E-state index is -4.87. The molecule has 0 heterocycles. The highest BCUT2D eigenvalue weighted by Gasteiger charge is 2.38. The minimum Gasteiger partial charge on any atom is -0.376 e. The molecule has 0 N–H and O–H groups in total. The fourth-order valence-electron chi connectivity index (χ4n) is 1.68. The Morgan fingerprint density at radius 1 is 0.957 bits per heavy atom. The third-order valence-corrected chi connectivity index (χ3v) is 4.68. The summed E-state index contributed by atoms with van der Waals surface area (Å²) in [6.45, 7) is 0. The molecule has 0 radical (unpaired) electrons. The van der Waals surface area contributed by atoms with Gasteiger partial charge >= 0.3 is 16.3 Å². The number of benzene rings is 2. The largest absolute Gasteiger partial charge is 0.417 e. The van der Waals surface area contributed by atoms with Crippen LogP contribution in [0.2, 0.25) is 15.1 Å². The normalized spacial score (nSPS) is 12.3. The van der Waals surface area contributed by atoms with Crippen LogP contribution >= 0.6 is 34.8 Å². The van der Waals surface area contributed by atoms with E-state index in [1.54, 1.807) is 0 Å². The summed E-state index contributed by atoms with van der Waals surface area (Å²) in [7, 11) is -4.82. The molecule has 0 aliphatic rings. The number of rotatable bonds is 3. The topological polar surface area (TPSA) is 43.4 Å². The maximum absolute atomic E-state index is 12.9. The highest BCUT2D eigenvalue weighted by atomic mass is 35.5. The van der Waals surface area contributed by atoms with Crippen LogP contribution in [0.5, 0.6) is 5.75 Å². The lowest BCUT2D eigenvalue weighted by Gasteiger charge is -2.14. The van der Waals surface area contributed by atoms with E-state index in [4.69, 9.17) is 34.8 Å². The molecule has 0 saturated carbocycles. The third kappa shape index (κ3) is 4.03. The average molecular weight is 406 g/mol. The molecule has 0 bridgehead atoms. The number of hydrogen-bond acceptors (Lipinski definition) is 3. The van der Waals surface area contributed by atoms with E-state index >= 15 is 0 Å². The minimum absolute atomic E-state index is 0.112. The lowest BCUT2D eigenvalue weighted by Crippen LogP contribution is -2.17. The lowest BCUT2D eigenvalue weighted by atomic mass is 10.2. The fraction of sp³-hybridized carbons (Fsp3) is 0.0769. The van der Waals surface area contributed by atoms with Crippen LogP contribution < -0.4 is 4.18 Å². The first-order valence-electron chi connectivity index (χ1n) is 5.77. The average Bonchev–Trinajstić information content (AvgIpc) is 2.42. The second-order valence-corrected chi connectivity index (χ2v) is 7.00. The maximum atomic E-state index is 12.9. The van der Waals surface area contributed by atoms with Gasteiger partial charge in [-0.15, -0.1) is 0 Å². The standard InChI is InChI=1S/C13H6Cl3F3O3S/c14-7-5-9(15)12(10(16)6-7)22-23(20,21)11-4-2-1-3-8(11)13(17,18)19/h1-6H. The molecule has 0 spiro atoms. The van der Waals surface area contributed by atoms with Gasteiger partial charge < -0.3 is 4.18 Å². The Bertz CT molecular complexity index is 828. The zero-order valence-corrected chi connectivity index (χ0v) is 13.9. The molecule has 10 heteroatoms. The van der Waals surface area contributed by atoms with E-state index in [1.807, 2.05) is 0 Å². The lowest BCUT2D eigenvalue weighted by molar-refractivity contribution is -0.139. The second kappa shape index (κ2) is 6.39. The zero-order chi connectivity index (χ0) is 17.4. The molecule has 0 aliphatic heterocycles. The number of hydrogen-bond donors (Lipinski definition) is 0. The molecule has 2 aromatic rings. The van der Waals surface area contributed by atoms with Gasteiger partial charge in [-0.3, -0.25) is 0 Å². The molecule has 124 valence electrons. The summed E-state index contributed by atoms with van der Waals surface area (Å²) in [5, 5.41) is -0.397. The van der Waals surface area contributed by atoms with Crippen molar-refractivity contribution >= 4 is 44.9 Å². The van der Waals surface area contributed by atoms with Crippen molar-refractivity contribution < 1.29 is 25.8 Å². The van der Waals surface area contributed by atoms with Crippen LogP contribution in [0.4, 0.5) is 13.2 Å². The number of halogens is 6. The van der Waals surface area contributed by atoms with E-state index in [0.29, 0.717) is 6.07 Å². The summed E-state index contributed by atoms with van der Waals surface area (Å²) in [6, 6.07) is 5.89. The third-order valence-electron chi connectivity index (χ3n) is 2.62. The molecule has 0 fully saturated rings. The molecule has 23 heavy (non-hydrogen) atoms. The summed E-state index contributed by atoms with van der Waals surface area (Å²) >= 11 is 17.2. The summed E-state index contributed by atoms with van der Waals surface area (Å²) in [5.41, 5.74) is -1.36. The van der Waals surface area contributed by atoms with E-state index in [9.17, 15) is 21.6 Å². The van der Waals surface area contributed by atoms with Gasteiger partial charge in [0.05, 0.1) is 15.6 Å². The van der Waals surface area contributed by atoms with E-state index in [0.717, 1.165) is 30.3 Å². The molecule has 0 atom stereocenters. The first-order chi connectivity index (χ1) is 10.5. The van der Waals surface area contributed by atoms with Crippen LogP contribution in [0.25, 0.3) is 0 Å². The van der Waals surface area contributed by atoms with Crippen LogP contribution in [0.15, 0.2) is 41.3 Å². The van der Waals surface area contributed by atoms with Gasteiger partial charge in [-0.2, -0.15) is 21.6 Å². The van der Waals surface area contributed by atoms with Gasteiger partial charge in [-0.1, -0.05) is 46.9 Å². The van der Waals surface area contributed by atoms with Crippen molar-refractivity contribution in [2.45, 2.75) is 11.1 Å². The Labute approximate surface area is 144 Å². The summed E-state index contributed by atoms with van der Waals surface area (Å²) in [5.74, 6) is -0.505. The Balaban J connectivity index is 2.54. The summed E-state index contributed by atoms with van der Waals surface area (Å²) in [6.07, 6.45) is -4.87. The zero-order valence-electron chi connectivity index (χ0n) is 10.9. The smallest absolute Gasteiger partial charge is 0.376 e. The quantitative estimate of drug-likeness (QED) is 0.639. The molecule has 3 nitrogen and oxygen atoms in total. The van der Waals surface area contributed by atoms with Crippen molar-refractivity contribution in [3.05, 3.63) is 57.0 Å². The van der Waals surface area contributed by atoms with E-state index in [2.05, 4.69) is 4.18 Å². The Morgan fingerprint density at radius 3 is 2.00 bits per heavy atom. The number of alkyl halides is 3. The van der Waals surface area contributed by atoms with Crippen LogP contribution in [-0.4, -0.2) is 8.42 Å². The van der Waals surface area contributed by atoms with Crippen molar-refractivity contribution in [2.24, 2.45) is 0 Å². The van der Waals surface area contributed by atoms with Gasteiger partial charge in [0.2, 0.25) is 0 Å². The van der Waals surface area contributed by atoms with Crippen molar-refractivity contribution in [1.29, 1.82) is 0 Å². The van der Waals surface area contributed by atoms with Crippen molar-refractivity contribution in [3.8, 4) is 5.75 Å². The Hall–Kier alpha value is -1.15. The van der Waals surface area contributed by atoms with Gasteiger partial charge in [0.15, 0.2) is 5.75 Å². The summed E-state index contributed by atoms with van der Waals surface area (Å²) < 4.78 is 67.9. The molecule has 2 rings (SSSR count). The van der Waals surface area contributed by atoms with Crippen molar-refractivity contribution in [2.75, 3.05) is 0 Å². The van der Waals surface area contributed by atoms with Crippen LogP contribution in [0.1, 0.15) is 5.56 Å². The molecular formula is C13H6Cl3F3O3S. The van der Waals surface area contributed by atoms with Gasteiger partial charge in [0.25, 0.3) is 0 Å². The predicted octanol–water partition coefficient (Wildman–Crippen LogP) is 5.43. The molecular weight excluding hydrogens is 400 g/mol. The van der Waals surface area contributed by atoms with E-state index in [-0.39, 0.29) is 15.1 Å². The molecule has 0 unspecified atom stereocenters. The highest BCUT2D eigenvalue weighted by molar-refractivity contribution is 7.87. The van der Waals surface area contributed by atoms with Crippen LogP contribution in [-0.2, 0) is 16.3 Å². The maximum Gasteiger partial charge on any atom is 0.417 e. The second-order valence-electron chi connectivity index (χ2n) is 4.23. The first-order valence-corrected chi connectivity index (χ1v) is 8.32. The highest BCUT2D eigenvalue weighted by Crippen LogP contribution is 2.39. The van der Waals surface area contributed by atoms with Crippen LogP contribution in [0, 0.1) is 0 Å². The van der Waals surface area contributed by atoms with Crippen molar-refractivity contribution in [1.82, 2.24) is 0 Å². The molecule has 0 aliphatic carbocycles. The van der Waals surface area contributed by atoms with Crippen molar-refractivity contribution in [3.63, 3.8) is 0 Å².